The first-order chi connectivity index (χ1) is 15.7. The summed E-state index contributed by atoms with van der Waals surface area (Å²) in [4.78, 5) is 26.2. The minimum atomic E-state index is -0.428. The lowest BCUT2D eigenvalue weighted by molar-refractivity contribution is -0.147. The summed E-state index contributed by atoms with van der Waals surface area (Å²) >= 11 is 1.62. The average molecular weight is 447 g/mol. The summed E-state index contributed by atoms with van der Waals surface area (Å²) in [5, 5.41) is 0. The zero-order chi connectivity index (χ0) is 21.9. The fourth-order valence-corrected chi connectivity index (χ4v) is 4.99. The second kappa shape index (κ2) is 9.28. The molecule has 2 heterocycles. The minimum absolute atomic E-state index is 0.0288. The molecule has 0 bridgehead atoms. The van der Waals surface area contributed by atoms with Crippen molar-refractivity contribution in [2.24, 2.45) is 0 Å². The number of fused-ring (bicyclic) bond motifs is 2. The molecule has 0 N–H and O–H groups in total. The normalized spacial score (nSPS) is 19.7. The van der Waals surface area contributed by atoms with E-state index in [1.807, 2.05) is 72.8 Å². The lowest BCUT2D eigenvalue weighted by atomic mass is 9.98. The van der Waals surface area contributed by atoms with Crippen LogP contribution in [0.1, 0.15) is 38.9 Å². The van der Waals surface area contributed by atoms with Gasteiger partial charge in [0.15, 0.2) is 12.1 Å². The lowest BCUT2D eigenvalue weighted by Crippen LogP contribution is -2.21. The lowest BCUT2D eigenvalue weighted by Gasteiger charge is -2.12. The summed E-state index contributed by atoms with van der Waals surface area (Å²) < 4.78 is 16.9. The van der Waals surface area contributed by atoms with Gasteiger partial charge in [0.2, 0.25) is 0 Å². The van der Waals surface area contributed by atoms with Gasteiger partial charge in [-0.25, -0.2) is 0 Å². The highest BCUT2D eigenvalue weighted by atomic mass is 32.2. The number of carbonyl (C=O) groups is 2. The van der Waals surface area contributed by atoms with E-state index in [-0.39, 0.29) is 30.9 Å². The van der Waals surface area contributed by atoms with Crippen LogP contribution >= 0.6 is 11.8 Å². The molecule has 0 amide bonds. The minimum Gasteiger partial charge on any atom is -0.463 e. The molecule has 0 aromatic heterocycles. The zero-order valence-corrected chi connectivity index (χ0v) is 18.2. The quantitative estimate of drug-likeness (QED) is 0.529. The molecule has 2 unspecified atom stereocenters. The van der Waals surface area contributed by atoms with Crippen molar-refractivity contribution in [3.63, 3.8) is 0 Å². The number of thioether (sulfide) groups is 1. The molecular formula is C26H22O5S. The van der Waals surface area contributed by atoms with Gasteiger partial charge in [-0.05, 0) is 23.3 Å². The summed E-state index contributed by atoms with van der Waals surface area (Å²) in [6.07, 6.45) is -0.573. The smallest absolute Gasteiger partial charge is 0.310 e. The maximum atomic E-state index is 12.9. The monoisotopic (exact) mass is 446 g/mol. The second-order valence-corrected chi connectivity index (χ2v) is 8.82. The zero-order valence-electron chi connectivity index (χ0n) is 17.4. The van der Waals surface area contributed by atoms with E-state index in [1.54, 1.807) is 11.8 Å². The largest absolute Gasteiger partial charge is 0.463 e. The van der Waals surface area contributed by atoms with Gasteiger partial charge in [0, 0.05) is 27.3 Å². The number of hydrogen-bond acceptors (Lipinski definition) is 6. The van der Waals surface area contributed by atoms with E-state index >= 15 is 0 Å². The Bertz CT molecular complexity index is 1140. The Balaban J connectivity index is 1.18. The van der Waals surface area contributed by atoms with Crippen LogP contribution < -0.4 is 0 Å². The van der Waals surface area contributed by atoms with E-state index in [0.717, 1.165) is 32.9 Å². The molecule has 2 aliphatic rings. The fraction of sp³-hybridized carbons (Fsp3) is 0.231. The molecule has 32 heavy (non-hydrogen) atoms. The van der Waals surface area contributed by atoms with E-state index in [0.29, 0.717) is 12.2 Å². The van der Waals surface area contributed by atoms with Crippen LogP contribution in [-0.4, -0.2) is 31.1 Å². The topological polar surface area (TPSA) is 61.8 Å². The van der Waals surface area contributed by atoms with Crippen LogP contribution in [0, 0.1) is 0 Å². The third-order valence-corrected chi connectivity index (χ3v) is 6.64. The fourth-order valence-electron chi connectivity index (χ4n) is 3.88. The van der Waals surface area contributed by atoms with Gasteiger partial charge in [0.25, 0.3) is 0 Å². The Hall–Kier alpha value is -2.93. The van der Waals surface area contributed by atoms with Gasteiger partial charge in [0.1, 0.15) is 12.7 Å². The molecule has 0 aliphatic carbocycles. The maximum absolute atomic E-state index is 12.9. The van der Waals surface area contributed by atoms with Gasteiger partial charge in [-0.3, -0.25) is 9.59 Å². The molecule has 3 aromatic carbocycles. The van der Waals surface area contributed by atoms with Crippen LogP contribution in [0.3, 0.4) is 0 Å². The third kappa shape index (κ3) is 4.48. The maximum Gasteiger partial charge on any atom is 0.310 e. The number of ether oxygens (including phenoxy) is 3. The van der Waals surface area contributed by atoms with E-state index < -0.39 is 6.29 Å². The predicted octanol–water partition coefficient (Wildman–Crippen LogP) is 4.72. The van der Waals surface area contributed by atoms with Crippen LogP contribution in [0.15, 0.2) is 77.7 Å². The second-order valence-electron chi connectivity index (χ2n) is 7.80. The van der Waals surface area contributed by atoms with Crippen molar-refractivity contribution in [3.8, 4) is 0 Å². The molecule has 5 nitrogen and oxygen atoms in total. The molecule has 6 heteroatoms. The van der Waals surface area contributed by atoms with Gasteiger partial charge in [-0.15, -0.1) is 11.8 Å². The summed E-state index contributed by atoms with van der Waals surface area (Å²) in [6, 6.07) is 22.9. The van der Waals surface area contributed by atoms with Crippen molar-refractivity contribution in [2.45, 2.75) is 29.5 Å². The van der Waals surface area contributed by atoms with E-state index in [1.165, 1.54) is 0 Å². The first-order valence-electron chi connectivity index (χ1n) is 10.5. The molecule has 2 aliphatic heterocycles. The van der Waals surface area contributed by atoms with Crippen LogP contribution in [-0.2, 0) is 31.2 Å². The standard InChI is InChI=1S/C26H22O5S/c27-24(29-14-20-15-30-26(31-20)18-6-2-1-3-7-18)13-17-10-11-22-23(12-17)32-16-19-8-4-5-9-21(19)25(22)28/h1-12,20,26H,13-16H2. The molecule has 1 fully saturated rings. The van der Waals surface area contributed by atoms with Crippen molar-refractivity contribution in [1.29, 1.82) is 0 Å². The van der Waals surface area contributed by atoms with Gasteiger partial charge >= 0.3 is 5.97 Å². The van der Waals surface area contributed by atoms with Crippen molar-refractivity contribution >= 4 is 23.5 Å². The summed E-state index contributed by atoms with van der Waals surface area (Å²) in [5.74, 6) is 0.427. The summed E-state index contributed by atoms with van der Waals surface area (Å²) in [5.41, 5.74) is 4.23. The van der Waals surface area contributed by atoms with E-state index in [9.17, 15) is 9.59 Å². The van der Waals surface area contributed by atoms with Gasteiger partial charge < -0.3 is 14.2 Å². The summed E-state index contributed by atoms with van der Waals surface area (Å²) in [6.45, 7) is 0.528. The van der Waals surface area contributed by atoms with Crippen LogP contribution in [0.5, 0.6) is 0 Å². The Kier molecular flexibility index (Phi) is 6.08. The number of hydrogen-bond donors (Lipinski definition) is 0. The van der Waals surface area contributed by atoms with Crippen molar-refractivity contribution in [3.05, 3.63) is 101 Å². The average Bonchev–Trinajstić information content (AvgIpc) is 3.26. The summed E-state index contributed by atoms with van der Waals surface area (Å²) in [7, 11) is 0. The van der Waals surface area contributed by atoms with Crippen LogP contribution in [0.4, 0.5) is 0 Å². The molecule has 2 atom stereocenters. The SMILES string of the molecule is O=C(Cc1ccc2c(c1)SCc1ccccc1C2=O)OCC1COC(c2ccccc2)O1. The van der Waals surface area contributed by atoms with Crippen molar-refractivity contribution < 1.29 is 23.8 Å². The molecule has 5 rings (SSSR count). The van der Waals surface area contributed by atoms with Crippen molar-refractivity contribution in [1.82, 2.24) is 0 Å². The van der Waals surface area contributed by atoms with Gasteiger partial charge in [-0.1, -0.05) is 60.7 Å². The molecule has 1 saturated heterocycles. The third-order valence-electron chi connectivity index (χ3n) is 5.54. The molecule has 0 radical (unpaired) electrons. The van der Waals surface area contributed by atoms with Crippen molar-refractivity contribution in [2.75, 3.05) is 13.2 Å². The number of esters is 1. The van der Waals surface area contributed by atoms with Gasteiger partial charge in [0.05, 0.1) is 13.0 Å². The number of rotatable bonds is 5. The highest BCUT2D eigenvalue weighted by Gasteiger charge is 2.28. The molecule has 0 saturated carbocycles. The number of carbonyl (C=O) groups excluding carboxylic acids is 2. The Labute approximate surface area is 190 Å². The molecule has 0 spiro atoms. The Morgan fingerprint density at radius 1 is 1.00 bits per heavy atom. The molecular weight excluding hydrogens is 424 g/mol. The molecule has 3 aromatic rings. The predicted molar refractivity (Wildman–Crippen MR) is 121 cm³/mol. The van der Waals surface area contributed by atoms with E-state index in [4.69, 9.17) is 14.2 Å². The first kappa shape index (κ1) is 20.9. The van der Waals surface area contributed by atoms with Gasteiger partial charge in [-0.2, -0.15) is 0 Å². The highest BCUT2D eigenvalue weighted by molar-refractivity contribution is 7.98. The first-order valence-corrected chi connectivity index (χ1v) is 11.5. The van der Waals surface area contributed by atoms with Crippen LogP contribution in [0.2, 0.25) is 0 Å². The van der Waals surface area contributed by atoms with E-state index in [2.05, 4.69) is 0 Å². The molecule has 162 valence electrons. The van der Waals surface area contributed by atoms with Crippen LogP contribution in [0.25, 0.3) is 0 Å². The number of benzene rings is 3. The highest BCUT2D eigenvalue weighted by Crippen LogP contribution is 2.34. The Morgan fingerprint density at radius 2 is 1.81 bits per heavy atom. The Morgan fingerprint density at radius 3 is 2.69 bits per heavy atom. The number of ketones is 1.